The lowest BCUT2D eigenvalue weighted by Crippen LogP contribution is -2.41. The molecule has 2 nitrogen and oxygen atoms in total. The van der Waals surface area contributed by atoms with Crippen molar-refractivity contribution in [3.63, 3.8) is 0 Å². The van der Waals surface area contributed by atoms with Gasteiger partial charge in [0, 0.05) is 23.5 Å². The molecule has 1 saturated carbocycles. The molecule has 1 aromatic rings. The van der Waals surface area contributed by atoms with Crippen molar-refractivity contribution in [2.75, 3.05) is 13.6 Å². The Morgan fingerprint density at radius 3 is 2.89 bits per heavy atom. The van der Waals surface area contributed by atoms with Gasteiger partial charge in [0.1, 0.15) is 0 Å². The summed E-state index contributed by atoms with van der Waals surface area (Å²) in [5.41, 5.74) is 6.34. The zero-order valence-electron chi connectivity index (χ0n) is 12.3. The van der Waals surface area contributed by atoms with E-state index in [1.54, 1.807) is 0 Å². The van der Waals surface area contributed by atoms with Gasteiger partial charge in [-0.2, -0.15) is 0 Å². The van der Waals surface area contributed by atoms with Crippen molar-refractivity contribution < 1.29 is 0 Å². The first-order valence-corrected chi connectivity index (χ1v) is 8.53. The molecule has 2 N–H and O–H groups in total. The van der Waals surface area contributed by atoms with Gasteiger partial charge in [-0.3, -0.25) is 0 Å². The minimum atomic E-state index is 0.416. The van der Waals surface area contributed by atoms with Gasteiger partial charge in [-0.25, -0.2) is 0 Å². The van der Waals surface area contributed by atoms with Crippen LogP contribution in [0.4, 0.5) is 0 Å². The van der Waals surface area contributed by atoms with E-state index in [-0.39, 0.29) is 0 Å². The molecule has 108 valence electrons. The largest absolute Gasteiger partial charge is 0.327 e. The normalized spacial score (nSPS) is 26.3. The average Bonchev–Trinajstić information content (AvgIpc) is 2.81. The highest BCUT2D eigenvalue weighted by molar-refractivity contribution is 7.09. The Kier molecular flexibility index (Phi) is 5.86. The van der Waals surface area contributed by atoms with Crippen LogP contribution in [-0.4, -0.2) is 30.6 Å². The van der Waals surface area contributed by atoms with Gasteiger partial charge >= 0.3 is 0 Å². The van der Waals surface area contributed by atoms with Crippen molar-refractivity contribution in [2.24, 2.45) is 11.7 Å². The summed E-state index contributed by atoms with van der Waals surface area (Å²) in [5, 5.41) is 2.17. The third-order valence-electron chi connectivity index (χ3n) is 4.57. The van der Waals surface area contributed by atoms with Crippen LogP contribution in [0.2, 0.25) is 0 Å². The van der Waals surface area contributed by atoms with Crippen LogP contribution < -0.4 is 5.73 Å². The Balaban J connectivity index is 1.83. The second-order valence-corrected chi connectivity index (χ2v) is 7.17. The number of rotatable bonds is 5. The maximum atomic E-state index is 6.34. The maximum absolute atomic E-state index is 6.34. The van der Waals surface area contributed by atoms with Gasteiger partial charge in [0.15, 0.2) is 0 Å². The van der Waals surface area contributed by atoms with Gasteiger partial charge in [-0.1, -0.05) is 25.3 Å². The lowest BCUT2D eigenvalue weighted by molar-refractivity contribution is 0.196. The molecule has 1 heterocycles. The fourth-order valence-corrected chi connectivity index (χ4v) is 3.89. The van der Waals surface area contributed by atoms with Crippen molar-refractivity contribution in [2.45, 2.75) is 57.5 Å². The molecule has 0 aromatic carbocycles. The first kappa shape index (κ1) is 15.0. The molecule has 0 amide bonds. The molecule has 19 heavy (non-hydrogen) atoms. The standard InChI is InChI=1S/C16H28N2S/c1-13(11-15-8-6-10-19-15)18(2)12-14-7-4-3-5-9-16(14)17/h6,8,10,13-14,16H,3-5,7,9,11-12,17H2,1-2H3. The fourth-order valence-electron chi connectivity index (χ4n) is 3.07. The smallest absolute Gasteiger partial charge is 0.0112 e. The molecule has 3 heteroatoms. The Hall–Kier alpha value is -0.380. The summed E-state index contributed by atoms with van der Waals surface area (Å²) >= 11 is 1.87. The Morgan fingerprint density at radius 1 is 1.37 bits per heavy atom. The van der Waals surface area contributed by atoms with E-state index in [2.05, 4.69) is 36.4 Å². The molecule has 0 aliphatic heterocycles. The first-order valence-electron chi connectivity index (χ1n) is 7.65. The van der Waals surface area contributed by atoms with E-state index < -0.39 is 0 Å². The van der Waals surface area contributed by atoms with E-state index in [1.165, 1.54) is 37.0 Å². The number of nitrogens with zero attached hydrogens (tertiary/aromatic N) is 1. The van der Waals surface area contributed by atoms with Gasteiger partial charge in [-0.05, 0) is 50.6 Å². The topological polar surface area (TPSA) is 29.3 Å². The minimum absolute atomic E-state index is 0.416. The molecule has 0 radical (unpaired) electrons. The monoisotopic (exact) mass is 280 g/mol. The van der Waals surface area contributed by atoms with Gasteiger partial charge in [0.05, 0.1) is 0 Å². The summed E-state index contributed by atoms with van der Waals surface area (Å²) < 4.78 is 0. The second kappa shape index (κ2) is 7.41. The van der Waals surface area contributed by atoms with E-state index in [0.29, 0.717) is 18.0 Å². The Labute approximate surface area is 122 Å². The highest BCUT2D eigenvalue weighted by Gasteiger charge is 2.23. The van der Waals surface area contributed by atoms with Gasteiger partial charge in [-0.15, -0.1) is 11.3 Å². The zero-order chi connectivity index (χ0) is 13.7. The molecule has 3 atom stereocenters. The lowest BCUT2D eigenvalue weighted by Gasteiger charge is -2.31. The van der Waals surface area contributed by atoms with Crippen LogP contribution in [0.5, 0.6) is 0 Å². The minimum Gasteiger partial charge on any atom is -0.327 e. The van der Waals surface area contributed by atoms with Crippen LogP contribution in [-0.2, 0) is 6.42 Å². The molecule has 2 rings (SSSR count). The fraction of sp³-hybridized carbons (Fsp3) is 0.750. The summed E-state index contributed by atoms with van der Waals surface area (Å²) in [7, 11) is 2.26. The van der Waals surface area contributed by atoms with E-state index in [4.69, 9.17) is 5.73 Å². The predicted molar refractivity (Wildman–Crippen MR) is 84.7 cm³/mol. The summed E-state index contributed by atoms with van der Waals surface area (Å²) in [6.45, 7) is 3.50. The Morgan fingerprint density at radius 2 is 2.16 bits per heavy atom. The van der Waals surface area contributed by atoms with Crippen molar-refractivity contribution >= 4 is 11.3 Å². The van der Waals surface area contributed by atoms with Crippen LogP contribution in [0.25, 0.3) is 0 Å². The zero-order valence-corrected chi connectivity index (χ0v) is 13.2. The second-order valence-electron chi connectivity index (χ2n) is 6.13. The quantitative estimate of drug-likeness (QED) is 0.836. The average molecular weight is 280 g/mol. The SMILES string of the molecule is CC(Cc1cccs1)N(C)CC1CCCCCC1N. The Bertz CT molecular complexity index is 350. The molecule has 1 aliphatic rings. The first-order chi connectivity index (χ1) is 9.16. The van der Waals surface area contributed by atoms with Gasteiger partial charge < -0.3 is 10.6 Å². The predicted octanol–water partition coefficient (Wildman–Crippen LogP) is 3.52. The molecule has 1 fully saturated rings. The number of likely N-dealkylation sites (N-methyl/N-ethyl adjacent to an activating group) is 1. The number of hydrogen-bond acceptors (Lipinski definition) is 3. The van der Waals surface area contributed by atoms with E-state index in [1.807, 2.05) is 11.3 Å². The highest BCUT2D eigenvalue weighted by Crippen LogP contribution is 2.24. The maximum Gasteiger partial charge on any atom is 0.0112 e. The van der Waals surface area contributed by atoms with Crippen molar-refractivity contribution in [3.05, 3.63) is 22.4 Å². The van der Waals surface area contributed by atoms with E-state index >= 15 is 0 Å². The lowest BCUT2D eigenvalue weighted by atomic mass is 9.94. The van der Waals surface area contributed by atoms with Crippen LogP contribution >= 0.6 is 11.3 Å². The summed E-state index contributed by atoms with van der Waals surface area (Å²) in [5.74, 6) is 0.693. The van der Waals surface area contributed by atoms with Crippen molar-refractivity contribution in [1.82, 2.24) is 4.90 Å². The van der Waals surface area contributed by atoms with Crippen LogP contribution in [0.3, 0.4) is 0 Å². The van der Waals surface area contributed by atoms with Crippen molar-refractivity contribution in [3.8, 4) is 0 Å². The van der Waals surface area contributed by atoms with Crippen LogP contribution in [0.1, 0.15) is 43.9 Å². The summed E-state index contributed by atoms with van der Waals surface area (Å²) in [6, 6.07) is 5.41. The third kappa shape index (κ3) is 4.59. The van der Waals surface area contributed by atoms with Gasteiger partial charge in [0.25, 0.3) is 0 Å². The molecule has 1 aromatic heterocycles. The van der Waals surface area contributed by atoms with Gasteiger partial charge in [0.2, 0.25) is 0 Å². The highest BCUT2D eigenvalue weighted by atomic mass is 32.1. The molecular weight excluding hydrogens is 252 g/mol. The van der Waals surface area contributed by atoms with E-state index in [0.717, 1.165) is 13.0 Å². The number of thiophene rings is 1. The summed E-state index contributed by atoms with van der Waals surface area (Å²) in [6.07, 6.45) is 7.77. The molecule has 0 spiro atoms. The molecule has 0 saturated heterocycles. The molecule has 0 bridgehead atoms. The van der Waals surface area contributed by atoms with Crippen molar-refractivity contribution in [1.29, 1.82) is 0 Å². The van der Waals surface area contributed by atoms with Crippen LogP contribution in [0, 0.1) is 5.92 Å². The number of hydrogen-bond donors (Lipinski definition) is 1. The number of nitrogens with two attached hydrogens (primary N) is 1. The third-order valence-corrected chi connectivity index (χ3v) is 5.47. The van der Waals surface area contributed by atoms with E-state index in [9.17, 15) is 0 Å². The summed E-state index contributed by atoms with van der Waals surface area (Å²) in [4.78, 5) is 4.00. The molecule has 1 aliphatic carbocycles. The van der Waals surface area contributed by atoms with Crippen LogP contribution in [0.15, 0.2) is 17.5 Å². The molecular formula is C16H28N2S. The molecule has 3 unspecified atom stereocenters.